The van der Waals surface area contributed by atoms with Crippen molar-refractivity contribution in [1.82, 2.24) is 4.90 Å². The fraction of sp³-hybridized carbons (Fsp3) is 0.778. The summed E-state index contributed by atoms with van der Waals surface area (Å²) in [5.74, 6) is -0.573. The van der Waals surface area contributed by atoms with Gasteiger partial charge in [-0.05, 0) is 19.3 Å². The van der Waals surface area contributed by atoms with Gasteiger partial charge >= 0.3 is 5.97 Å². The van der Waals surface area contributed by atoms with Crippen LogP contribution in [-0.4, -0.2) is 45.7 Å². The predicted octanol–water partition coefficient (Wildman–Crippen LogP) is 3.12. The number of unbranched alkanes of at least 4 members (excludes halogenated alkanes) is 5. The molecule has 0 aliphatic carbocycles. The lowest BCUT2D eigenvalue weighted by molar-refractivity contribution is -0.143. The van der Waals surface area contributed by atoms with Crippen molar-refractivity contribution in [2.45, 2.75) is 83.3 Å². The van der Waals surface area contributed by atoms with Gasteiger partial charge < -0.3 is 15.1 Å². The number of carboxylic acids is 1. The average molecular weight is 325 g/mol. The highest BCUT2D eigenvalue weighted by atomic mass is 16.4. The van der Waals surface area contributed by atoms with Crippen LogP contribution in [0.15, 0.2) is 12.2 Å². The van der Waals surface area contributed by atoms with E-state index in [9.17, 15) is 14.7 Å². The molecule has 132 valence electrons. The number of aliphatic hydroxyl groups is 1. The second-order valence-corrected chi connectivity index (χ2v) is 6.36. The van der Waals surface area contributed by atoms with E-state index in [-0.39, 0.29) is 18.4 Å². The minimum Gasteiger partial charge on any atom is -0.481 e. The summed E-state index contributed by atoms with van der Waals surface area (Å²) < 4.78 is 0. The number of rotatable bonds is 13. The van der Waals surface area contributed by atoms with Crippen molar-refractivity contribution in [3.8, 4) is 0 Å². The Kier molecular flexibility index (Phi) is 9.60. The maximum absolute atomic E-state index is 11.7. The molecule has 1 fully saturated rings. The first-order chi connectivity index (χ1) is 11.0. The maximum Gasteiger partial charge on any atom is 0.303 e. The van der Waals surface area contributed by atoms with Crippen LogP contribution in [-0.2, 0) is 9.59 Å². The van der Waals surface area contributed by atoms with Crippen LogP contribution in [0.5, 0.6) is 0 Å². The molecule has 5 heteroatoms. The molecule has 1 amide bonds. The van der Waals surface area contributed by atoms with Crippen molar-refractivity contribution < 1.29 is 19.8 Å². The maximum atomic E-state index is 11.7. The molecule has 23 heavy (non-hydrogen) atoms. The molecular formula is C18H31NO4. The third kappa shape index (κ3) is 8.16. The molecule has 2 atom stereocenters. The first-order valence-corrected chi connectivity index (χ1v) is 8.92. The van der Waals surface area contributed by atoms with E-state index >= 15 is 0 Å². The number of carbonyl (C=O) groups is 2. The fourth-order valence-corrected chi connectivity index (χ4v) is 2.81. The Hall–Kier alpha value is -1.36. The molecule has 1 aliphatic rings. The van der Waals surface area contributed by atoms with Crippen molar-refractivity contribution in [1.29, 1.82) is 0 Å². The van der Waals surface area contributed by atoms with Gasteiger partial charge in [-0.3, -0.25) is 9.59 Å². The van der Waals surface area contributed by atoms with Crippen LogP contribution in [0, 0.1) is 0 Å². The molecule has 0 aromatic carbocycles. The highest BCUT2D eigenvalue weighted by Gasteiger charge is 2.33. The van der Waals surface area contributed by atoms with Crippen LogP contribution in [0.1, 0.15) is 71.1 Å². The average Bonchev–Trinajstić information content (AvgIpc) is 2.50. The van der Waals surface area contributed by atoms with Crippen molar-refractivity contribution >= 4 is 11.9 Å². The van der Waals surface area contributed by atoms with Crippen molar-refractivity contribution in [2.75, 3.05) is 6.54 Å². The molecule has 1 saturated heterocycles. The van der Waals surface area contributed by atoms with E-state index in [4.69, 9.17) is 5.11 Å². The molecule has 2 N–H and O–H groups in total. The van der Waals surface area contributed by atoms with E-state index in [1.807, 2.05) is 17.1 Å². The number of likely N-dealkylation sites (tertiary alicyclic amines) is 1. The number of aliphatic carboxylic acids is 1. The molecule has 0 aromatic heterocycles. The second-order valence-electron chi connectivity index (χ2n) is 6.36. The zero-order valence-corrected chi connectivity index (χ0v) is 14.2. The number of β-lactam (4-membered cyclic amide) rings is 1. The normalized spacial score (nSPS) is 19.1. The van der Waals surface area contributed by atoms with E-state index in [0.29, 0.717) is 12.8 Å². The Morgan fingerprint density at radius 3 is 2.65 bits per heavy atom. The van der Waals surface area contributed by atoms with Crippen LogP contribution < -0.4 is 0 Å². The summed E-state index contributed by atoms with van der Waals surface area (Å²) in [6.07, 6.45) is 11.7. The quantitative estimate of drug-likeness (QED) is 0.310. The number of nitrogens with zero attached hydrogens (tertiary/aromatic N) is 1. The molecule has 0 saturated carbocycles. The first kappa shape index (κ1) is 19.7. The van der Waals surface area contributed by atoms with E-state index in [0.717, 1.165) is 51.5 Å². The molecule has 0 radical (unpaired) electrons. The number of carboxylic acid groups (broad SMARTS) is 1. The summed E-state index contributed by atoms with van der Waals surface area (Å²) in [6, 6.07) is 0.127. The number of hydrogen-bond acceptors (Lipinski definition) is 3. The molecule has 1 rings (SSSR count). The highest BCUT2D eigenvalue weighted by molar-refractivity contribution is 5.83. The molecular weight excluding hydrogens is 294 g/mol. The molecule has 1 aliphatic heterocycles. The summed E-state index contributed by atoms with van der Waals surface area (Å²) in [7, 11) is 0. The lowest BCUT2D eigenvalue weighted by Crippen LogP contribution is -2.51. The summed E-state index contributed by atoms with van der Waals surface area (Å²) in [5, 5.41) is 18.4. The monoisotopic (exact) mass is 325 g/mol. The Balaban J connectivity index is 2.17. The van der Waals surface area contributed by atoms with Crippen molar-refractivity contribution in [3.63, 3.8) is 0 Å². The Bertz CT molecular complexity index is 394. The van der Waals surface area contributed by atoms with Crippen molar-refractivity contribution in [3.05, 3.63) is 12.2 Å². The number of amides is 1. The third-order valence-electron chi connectivity index (χ3n) is 4.30. The number of hydrogen-bond donors (Lipinski definition) is 2. The van der Waals surface area contributed by atoms with Crippen LogP contribution >= 0.6 is 0 Å². The topological polar surface area (TPSA) is 77.8 Å². The summed E-state index contributed by atoms with van der Waals surface area (Å²) in [4.78, 5) is 23.9. The van der Waals surface area contributed by atoms with Gasteiger partial charge in [-0.2, -0.15) is 0 Å². The summed E-state index contributed by atoms with van der Waals surface area (Å²) in [5.41, 5.74) is 0. The van der Waals surface area contributed by atoms with Crippen LogP contribution in [0.25, 0.3) is 0 Å². The van der Waals surface area contributed by atoms with E-state index in [1.54, 1.807) is 0 Å². The van der Waals surface area contributed by atoms with Gasteiger partial charge in [0.05, 0.1) is 18.6 Å². The first-order valence-electron chi connectivity index (χ1n) is 8.92. The molecule has 5 nitrogen and oxygen atoms in total. The van der Waals surface area contributed by atoms with Gasteiger partial charge in [-0.15, -0.1) is 0 Å². The Morgan fingerprint density at radius 1 is 1.26 bits per heavy atom. The lowest BCUT2D eigenvalue weighted by atomic mass is 9.99. The van der Waals surface area contributed by atoms with E-state index in [2.05, 4.69) is 6.92 Å². The van der Waals surface area contributed by atoms with Gasteiger partial charge in [-0.1, -0.05) is 51.2 Å². The Morgan fingerprint density at radius 2 is 2.00 bits per heavy atom. The second kappa shape index (κ2) is 11.2. The molecule has 1 heterocycles. The van der Waals surface area contributed by atoms with Crippen LogP contribution in [0.2, 0.25) is 0 Å². The third-order valence-corrected chi connectivity index (χ3v) is 4.30. The van der Waals surface area contributed by atoms with Gasteiger partial charge in [0.2, 0.25) is 5.91 Å². The zero-order valence-electron chi connectivity index (χ0n) is 14.2. The number of carbonyl (C=O) groups excluding carboxylic acids is 1. The standard InChI is InChI=1S/C18H31NO4/c1-2-3-6-9-16(20)12-11-15-14-17(21)19(15)13-8-5-4-7-10-18(22)23/h11-12,15-16,20H,2-10,13-14H2,1H3,(H,22,23)/b12-11+/t15?,16-/m0/s1. The van der Waals surface area contributed by atoms with E-state index < -0.39 is 12.1 Å². The molecule has 0 aromatic rings. The van der Waals surface area contributed by atoms with Crippen LogP contribution in [0.3, 0.4) is 0 Å². The summed E-state index contributed by atoms with van der Waals surface area (Å²) >= 11 is 0. The van der Waals surface area contributed by atoms with Crippen LogP contribution in [0.4, 0.5) is 0 Å². The zero-order chi connectivity index (χ0) is 17.1. The molecule has 1 unspecified atom stereocenters. The Labute approximate surface area is 139 Å². The minimum absolute atomic E-state index is 0.127. The SMILES string of the molecule is CCCCC[C@H](O)/C=C/C1CC(=O)N1CCCCCCC(=O)O. The number of aliphatic hydroxyl groups excluding tert-OH is 1. The van der Waals surface area contributed by atoms with Gasteiger partial charge in [0.15, 0.2) is 0 Å². The predicted molar refractivity (Wildman–Crippen MR) is 90.1 cm³/mol. The smallest absolute Gasteiger partial charge is 0.303 e. The van der Waals surface area contributed by atoms with Gasteiger partial charge in [0, 0.05) is 13.0 Å². The molecule has 0 spiro atoms. The van der Waals surface area contributed by atoms with Gasteiger partial charge in [-0.25, -0.2) is 0 Å². The fourth-order valence-electron chi connectivity index (χ4n) is 2.81. The highest BCUT2D eigenvalue weighted by Crippen LogP contribution is 2.22. The minimum atomic E-state index is -0.745. The lowest BCUT2D eigenvalue weighted by Gasteiger charge is -2.39. The van der Waals surface area contributed by atoms with Gasteiger partial charge in [0.25, 0.3) is 0 Å². The van der Waals surface area contributed by atoms with Crippen molar-refractivity contribution in [2.24, 2.45) is 0 Å². The van der Waals surface area contributed by atoms with E-state index in [1.165, 1.54) is 0 Å². The largest absolute Gasteiger partial charge is 0.481 e. The molecule has 0 bridgehead atoms. The van der Waals surface area contributed by atoms with Gasteiger partial charge in [0.1, 0.15) is 0 Å². The summed E-state index contributed by atoms with van der Waals surface area (Å²) in [6.45, 7) is 2.87.